The minimum Gasteiger partial charge on any atom is -0.345 e. The minimum atomic E-state index is -4.64. The van der Waals surface area contributed by atoms with Crippen LogP contribution in [0.1, 0.15) is 17.3 Å². The average Bonchev–Trinajstić information content (AvgIpc) is 2.64. The summed E-state index contributed by atoms with van der Waals surface area (Å²) in [5.74, 6) is -1.40. The van der Waals surface area contributed by atoms with Crippen molar-refractivity contribution in [2.24, 2.45) is 0 Å². The number of carbonyl (C=O) groups excluding carboxylic acids is 2. The molecule has 0 aromatic heterocycles. The van der Waals surface area contributed by atoms with E-state index in [0.717, 1.165) is 0 Å². The molecule has 0 saturated heterocycles. The Kier molecular flexibility index (Phi) is 6.91. The molecule has 6 nitrogen and oxygen atoms in total. The van der Waals surface area contributed by atoms with Crippen molar-refractivity contribution in [3.05, 3.63) is 59.1 Å². The molecule has 2 aromatic carbocycles. The fourth-order valence-corrected chi connectivity index (χ4v) is 3.84. The van der Waals surface area contributed by atoms with Crippen molar-refractivity contribution in [3.63, 3.8) is 0 Å². The molecule has 0 atom stereocenters. The van der Waals surface area contributed by atoms with Gasteiger partial charge >= 0.3 is 6.18 Å². The molecule has 0 aliphatic rings. The number of halogens is 4. The molecule has 0 spiro atoms. The van der Waals surface area contributed by atoms with Gasteiger partial charge in [0.2, 0.25) is 5.91 Å². The van der Waals surface area contributed by atoms with Gasteiger partial charge in [0.25, 0.3) is 10.0 Å². The fraction of sp³-hybridized carbons (Fsp3) is 0.222. The number of anilines is 1. The van der Waals surface area contributed by atoms with E-state index in [2.05, 4.69) is 0 Å². The number of nitrogens with zero attached hydrogens (tertiary/aromatic N) is 1. The van der Waals surface area contributed by atoms with Crippen LogP contribution in [0.4, 0.5) is 18.9 Å². The summed E-state index contributed by atoms with van der Waals surface area (Å²) >= 11 is 5.76. The molecular formula is C18H16ClF3N2O4S. The van der Waals surface area contributed by atoms with Gasteiger partial charge in [0.1, 0.15) is 13.1 Å². The van der Waals surface area contributed by atoms with Crippen molar-refractivity contribution in [1.82, 2.24) is 5.32 Å². The van der Waals surface area contributed by atoms with Crippen LogP contribution in [0.25, 0.3) is 0 Å². The maximum absolute atomic E-state index is 13.0. The predicted octanol–water partition coefficient (Wildman–Crippen LogP) is 3.42. The zero-order valence-electron chi connectivity index (χ0n) is 15.0. The Morgan fingerprint density at radius 2 is 1.59 bits per heavy atom. The number of amides is 1. The van der Waals surface area contributed by atoms with Crippen LogP contribution in [0.15, 0.2) is 53.4 Å². The lowest BCUT2D eigenvalue weighted by atomic mass is 10.1. The Bertz CT molecular complexity index is 991. The molecule has 0 unspecified atom stereocenters. The number of nitrogens with one attached hydrogen (secondary N) is 1. The first kappa shape index (κ1) is 22.7. The van der Waals surface area contributed by atoms with Gasteiger partial charge in [0.05, 0.1) is 10.6 Å². The highest BCUT2D eigenvalue weighted by Gasteiger charge is 2.31. The van der Waals surface area contributed by atoms with E-state index in [1.807, 2.05) is 0 Å². The van der Waals surface area contributed by atoms with Crippen LogP contribution in [-0.4, -0.2) is 39.4 Å². The van der Waals surface area contributed by atoms with Gasteiger partial charge in [0.15, 0.2) is 5.78 Å². The lowest BCUT2D eigenvalue weighted by Crippen LogP contribution is -2.43. The summed E-state index contributed by atoms with van der Waals surface area (Å²) in [5.41, 5.74) is 0.311. The summed E-state index contributed by atoms with van der Waals surface area (Å²) in [4.78, 5) is 23.2. The molecule has 1 N–H and O–H groups in total. The second kappa shape index (κ2) is 8.83. The second-order valence-corrected chi connectivity index (χ2v) is 8.26. The van der Waals surface area contributed by atoms with Crippen molar-refractivity contribution >= 4 is 39.0 Å². The van der Waals surface area contributed by atoms with E-state index in [4.69, 9.17) is 11.6 Å². The molecule has 11 heteroatoms. The van der Waals surface area contributed by atoms with Gasteiger partial charge in [-0.2, -0.15) is 13.2 Å². The molecule has 0 saturated carbocycles. The number of alkyl halides is 3. The van der Waals surface area contributed by atoms with Crippen molar-refractivity contribution in [3.8, 4) is 0 Å². The molecule has 0 aliphatic carbocycles. The zero-order chi connectivity index (χ0) is 21.8. The monoisotopic (exact) mass is 448 g/mol. The van der Waals surface area contributed by atoms with E-state index in [9.17, 15) is 31.2 Å². The molecule has 0 heterocycles. The normalized spacial score (nSPS) is 11.8. The summed E-state index contributed by atoms with van der Waals surface area (Å²) in [7, 11) is -4.31. The standard InChI is InChI=1S/C18H16ClF3N2O4S/c1-12(25)13-2-6-15(7-3-13)24(10-17(26)23-11-18(20,21)22)29(27,28)16-8-4-14(19)5-9-16/h2-9H,10-11H2,1H3,(H,23,26). The van der Waals surface area contributed by atoms with Crippen LogP contribution >= 0.6 is 11.6 Å². The van der Waals surface area contributed by atoms with Crippen LogP contribution in [0.3, 0.4) is 0 Å². The Hall–Kier alpha value is -2.59. The molecule has 0 aliphatic heterocycles. The topological polar surface area (TPSA) is 83.6 Å². The third kappa shape index (κ3) is 6.20. The number of hydrogen-bond donors (Lipinski definition) is 1. The number of hydrogen-bond acceptors (Lipinski definition) is 4. The largest absolute Gasteiger partial charge is 0.405 e. The lowest BCUT2D eigenvalue weighted by molar-refractivity contribution is -0.137. The maximum atomic E-state index is 13.0. The molecule has 2 aromatic rings. The third-order valence-corrected chi connectivity index (χ3v) is 5.78. The summed E-state index contributed by atoms with van der Waals surface area (Å²) in [6.07, 6.45) is -4.64. The Morgan fingerprint density at radius 1 is 1.03 bits per heavy atom. The lowest BCUT2D eigenvalue weighted by Gasteiger charge is -2.24. The van der Waals surface area contributed by atoms with Crippen LogP contribution in [0.5, 0.6) is 0 Å². The van der Waals surface area contributed by atoms with Crippen molar-refractivity contribution in [2.45, 2.75) is 18.0 Å². The van der Waals surface area contributed by atoms with Gasteiger partial charge in [-0.1, -0.05) is 11.6 Å². The summed E-state index contributed by atoms with van der Waals surface area (Å²) in [6, 6.07) is 10.4. The zero-order valence-corrected chi connectivity index (χ0v) is 16.6. The van der Waals surface area contributed by atoms with Crippen LogP contribution < -0.4 is 9.62 Å². The third-order valence-electron chi connectivity index (χ3n) is 3.74. The minimum absolute atomic E-state index is 0.00658. The molecule has 156 valence electrons. The summed E-state index contributed by atoms with van der Waals surface area (Å²) in [5, 5.41) is 1.92. The average molecular weight is 449 g/mol. The highest BCUT2D eigenvalue weighted by molar-refractivity contribution is 7.92. The van der Waals surface area contributed by atoms with Gasteiger partial charge in [-0.15, -0.1) is 0 Å². The van der Waals surface area contributed by atoms with E-state index in [-0.39, 0.29) is 21.4 Å². The first-order valence-electron chi connectivity index (χ1n) is 8.13. The highest BCUT2D eigenvalue weighted by Crippen LogP contribution is 2.25. The van der Waals surface area contributed by atoms with E-state index in [1.165, 1.54) is 55.5 Å². The van der Waals surface area contributed by atoms with Crippen molar-refractivity contribution in [2.75, 3.05) is 17.4 Å². The van der Waals surface area contributed by atoms with Gasteiger partial charge in [-0.3, -0.25) is 13.9 Å². The van der Waals surface area contributed by atoms with Crippen LogP contribution in [-0.2, 0) is 14.8 Å². The number of benzene rings is 2. The second-order valence-electron chi connectivity index (χ2n) is 5.96. The fourth-order valence-electron chi connectivity index (χ4n) is 2.30. The van der Waals surface area contributed by atoms with E-state index in [1.54, 1.807) is 5.32 Å². The summed E-state index contributed by atoms with van der Waals surface area (Å²) < 4.78 is 63.7. The predicted molar refractivity (Wildman–Crippen MR) is 101 cm³/mol. The van der Waals surface area contributed by atoms with E-state index >= 15 is 0 Å². The molecule has 0 fully saturated rings. The molecule has 29 heavy (non-hydrogen) atoms. The highest BCUT2D eigenvalue weighted by atomic mass is 35.5. The number of carbonyl (C=O) groups is 2. The van der Waals surface area contributed by atoms with Gasteiger partial charge < -0.3 is 5.32 Å². The maximum Gasteiger partial charge on any atom is 0.405 e. The SMILES string of the molecule is CC(=O)c1ccc(N(CC(=O)NCC(F)(F)F)S(=O)(=O)c2ccc(Cl)cc2)cc1. The quantitative estimate of drug-likeness (QED) is 0.658. The van der Waals surface area contributed by atoms with Crippen LogP contribution in [0.2, 0.25) is 5.02 Å². The first-order valence-corrected chi connectivity index (χ1v) is 9.95. The van der Waals surface area contributed by atoms with Crippen LogP contribution in [0, 0.1) is 0 Å². The molecule has 0 radical (unpaired) electrons. The number of rotatable bonds is 7. The van der Waals surface area contributed by atoms with E-state index < -0.39 is 35.2 Å². The Labute approximate surface area is 170 Å². The van der Waals surface area contributed by atoms with Crippen molar-refractivity contribution < 1.29 is 31.2 Å². The Balaban J connectivity index is 2.40. The van der Waals surface area contributed by atoms with Gasteiger partial charge in [-0.05, 0) is 55.5 Å². The molecule has 2 rings (SSSR count). The Morgan fingerprint density at radius 3 is 2.07 bits per heavy atom. The first-order chi connectivity index (χ1) is 13.4. The van der Waals surface area contributed by atoms with Gasteiger partial charge in [0, 0.05) is 10.6 Å². The molecular weight excluding hydrogens is 433 g/mol. The number of Topliss-reactive ketones (excluding diaryl/α,β-unsaturated/α-hetero) is 1. The van der Waals surface area contributed by atoms with Crippen molar-refractivity contribution in [1.29, 1.82) is 0 Å². The molecule has 0 bridgehead atoms. The van der Waals surface area contributed by atoms with Gasteiger partial charge in [-0.25, -0.2) is 8.42 Å². The number of ketones is 1. The summed E-state index contributed by atoms with van der Waals surface area (Å²) in [6.45, 7) is -1.16. The number of sulfonamides is 1. The smallest absolute Gasteiger partial charge is 0.345 e. The van der Waals surface area contributed by atoms with E-state index in [0.29, 0.717) is 9.87 Å². The molecule has 1 amide bonds.